The molecule has 2 nitrogen and oxygen atoms in total. The molecule has 0 bridgehead atoms. The molecular formula is C24H16ClF2NO. The first-order valence-corrected chi connectivity index (χ1v) is 9.56. The maximum Gasteiger partial charge on any atom is 0.261 e. The van der Waals surface area contributed by atoms with E-state index in [0.29, 0.717) is 16.6 Å². The van der Waals surface area contributed by atoms with E-state index in [1.165, 1.54) is 6.07 Å². The average Bonchev–Trinajstić information content (AvgIpc) is 3.52. The van der Waals surface area contributed by atoms with Crippen LogP contribution in [-0.4, -0.2) is 5.91 Å². The number of rotatable bonds is 3. The quantitative estimate of drug-likeness (QED) is 0.507. The fraction of sp³-hybridized carbons (Fsp3) is 0.125. The van der Waals surface area contributed by atoms with E-state index in [2.05, 4.69) is 17.2 Å². The molecule has 1 N–H and O–H groups in total. The molecule has 0 saturated heterocycles. The molecule has 1 amide bonds. The van der Waals surface area contributed by atoms with Gasteiger partial charge >= 0.3 is 0 Å². The SMILES string of the molecule is O=C(Nc1ccc(-c2cc(C#CC3CC3)ccc2Cl)cc1)c1c(F)cccc1F. The highest BCUT2D eigenvalue weighted by Crippen LogP contribution is 2.31. The minimum atomic E-state index is -0.907. The van der Waals surface area contributed by atoms with Gasteiger partial charge in [0.15, 0.2) is 0 Å². The number of halogens is 3. The number of benzene rings is 3. The molecule has 0 aromatic heterocycles. The van der Waals surface area contributed by atoms with Gasteiger partial charge in [-0.1, -0.05) is 41.6 Å². The standard InChI is InChI=1S/C24H16ClF2NO/c25-20-13-8-16(7-6-15-4-5-15)14-19(20)17-9-11-18(12-10-17)28-24(29)23-21(26)2-1-3-22(23)27/h1-3,8-15H,4-5H2,(H,28,29). The van der Waals surface area contributed by atoms with Gasteiger partial charge in [-0.05, 0) is 60.9 Å². The van der Waals surface area contributed by atoms with Crippen LogP contribution in [0.2, 0.25) is 5.02 Å². The van der Waals surface area contributed by atoms with E-state index in [1.807, 2.05) is 18.2 Å². The number of hydrogen-bond donors (Lipinski definition) is 1. The van der Waals surface area contributed by atoms with Crippen molar-refractivity contribution in [2.24, 2.45) is 5.92 Å². The van der Waals surface area contributed by atoms with Gasteiger partial charge in [-0.2, -0.15) is 0 Å². The van der Waals surface area contributed by atoms with Crippen molar-refractivity contribution in [3.8, 4) is 23.0 Å². The van der Waals surface area contributed by atoms with Crippen molar-refractivity contribution < 1.29 is 13.6 Å². The summed E-state index contributed by atoms with van der Waals surface area (Å²) < 4.78 is 27.5. The third-order valence-electron chi connectivity index (χ3n) is 4.61. The third-order valence-corrected chi connectivity index (χ3v) is 4.94. The monoisotopic (exact) mass is 407 g/mol. The lowest BCUT2D eigenvalue weighted by atomic mass is 10.0. The van der Waals surface area contributed by atoms with E-state index >= 15 is 0 Å². The van der Waals surface area contributed by atoms with Crippen LogP contribution in [0, 0.1) is 29.4 Å². The van der Waals surface area contributed by atoms with Crippen LogP contribution in [0.1, 0.15) is 28.8 Å². The second-order valence-electron chi connectivity index (χ2n) is 6.87. The normalized spacial score (nSPS) is 12.8. The van der Waals surface area contributed by atoms with Crippen molar-refractivity contribution >= 4 is 23.2 Å². The number of nitrogens with one attached hydrogen (secondary N) is 1. The van der Waals surface area contributed by atoms with E-state index < -0.39 is 23.1 Å². The summed E-state index contributed by atoms with van der Waals surface area (Å²) in [4.78, 5) is 12.2. The minimum Gasteiger partial charge on any atom is -0.322 e. The van der Waals surface area contributed by atoms with Gasteiger partial charge in [0.25, 0.3) is 5.91 Å². The molecule has 144 valence electrons. The first-order chi connectivity index (χ1) is 14.0. The lowest BCUT2D eigenvalue weighted by Gasteiger charge is -2.09. The van der Waals surface area contributed by atoms with Crippen LogP contribution in [0.15, 0.2) is 60.7 Å². The highest BCUT2D eigenvalue weighted by molar-refractivity contribution is 6.33. The summed E-state index contributed by atoms with van der Waals surface area (Å²) in [6, 6.07) is 15.8. The number of anilines is 1. The second kappa shape index (κ2) is 8.06. The van der Waals surface area contributed by atoms with Crippen LogP contribution in [-0.2, 0) is 0 Å². The lowest BCUT2D eigenvalue weighted by molar-refractivity contribution is 0.101. The molecule has 0 radical (unpaired) electrons. The lowest BCUT2D eigenvalue weighted by Crippen LogP contribution is -2.15. The van der Waals surface area contributed by atoms with Crippen LogP contribution in [0.5, 0.6) is 0 Å². The molecule has 1 aliphatic rings. The Hall–Kier alpha value is -3.16. The fourth-order valence-electron chi connectivity index (χ4n) is 2.88. The molecule has 0 spiro atoms. The van der Waals surface area contributed by atoms with Gasteiger partial charge in [0.05, 0.1) is 0 Å². The summed E-state index contributed by atoms with van der Waals surface area (Å²) in [5.74, 6) is 4.25. The summed E-state index contributed by atoms with van der Waals surface area (Å²) in [5.41, 5.74) is 2.37. The predicted molar refractivity (Wildman–Crippen MR) is 111 cm³/mol. The van der Waals surface area contributed by atoms with Gasteiger partial charge in [-0.15, -0.1) is 0 Å². The van der Waals surface area contributed by atoms with Crippen molar-refractivity contribution in [3.63, 3.8) is 0 Å². The first kappa shape index (κ1) is 19.2. The van der Waals surface area contributed by atoms with Crippen molar-refractivity contribution in [1.29, 1.82) is 0 Å². The largest absolute Gasteiger partial charge is 0.322 e. The molecule has 3 aromatic carbocycles. The predicted octanol–water partition coefficient (Wildman–Crippen LogP) is 6.30. The Balaban J connectivity index is 1.54. The Kier molecular flexibility index (Phi) is 5.33. The van der Waals surface area contributed by atoms with Crippen LogP contribution in [0.3, 0.4) is 0 Å². The molecule has 0 aliphatic heterocycles. The topological polar surface area (TPSA) is 29.1 Å². The molecule has 5 heteroatoms. The maximum absolute atomic E-state index is 13.8. The Morgan fingerprint density at radius 1 is 1.00 bits per heavy atom. The molecule has 1 fully saturated rings. The fourth-order valence-corrected chi connectivity index (χ4v) is 3.11. The van der Waals surface area contributed by atoms with E-state index in [9.17, 15) is 13.6 Å². The molecule has 0 heterocycles. The van der Waals surface area contributed by atoms with Crippen molar-refractivity contribution in [2.75, 3.05) is 5.32 Å². The van der Waals surface area contributed by atoms with Gasteiger partial charge < -0.3 is 5.32 Å². The molecule has 3 aromatic rings. The number of carbonyl (C=O) groups is 1. The zero-order valence-electron chi connectivity index (χ0n) is 15.3. The number of carbonyl (C=O) groups excluding carboxylic acids is 1. The van der Waals surface area contributed by atoms with E-state index in [-0.39, 0.29) is 0 Å². The first-order valence-electron chi connectivity index (χ1n) is 9.18. The van der Waals surface area contributed by atoms with Crippen LogP contribution in [0.4, 0.5) is 14.5 Å². The molecule has 1 aliphatic carbocycles. The third kappa shape index (κ3) is 4.47. The Labute approximate surface area is 172 Å². The minimum absolute atomic E-state index is 0.419. The maximum atomic E-state index is 13.8. The summed E-state index contributed by atoms with van der Waals surface area (Å²) in [5, 5.41) is 3.10. The van der Waals surface area contributed by atoms with E-state index in [4.69, 9.17) is 11.6 Å². The molecule has 4 rings (SSSR count). The van der Waals surface area contributed by atoms with Gasteiger partial charge in [0.1, 0.15) is 17.2 Å². The summed E-state index contributed by atoms with van der Waals surface area (Å²) in [7, 11) is 0. The Morgan fingerprint density at radius 3 is 2.34 bits per heavy atom. The van der Waals surface area contributed by atoms with Gasteiger partial charge in [0, 0.05) is 27.8 Å². The van der Waals surface area contributed by atoms with Gasteiger partial charge in [-0.3, -0.25) is 4.79 Å². The highest BCUT2D eigenvalue weighted by Gasteiger charge is 2.18. The Morgan fingerprint density at radius 2 is 1.69 bits per heavy atom. The van der Waals surface area contributed by atoms with Crippen molar-refractivity contribution in [3.05, 3.63) is 88.4 Å². The smallest absolute Gasteiger partial charge is 0.261 e. The van der Waals surface area contributed by atoms with E-state index in [0.717, 1.165) is 41.7 Å². The van der Waals surface area contributed by atoms with Gasteiger partial charge in [0.2, 0.25) is 0 Å². The molecule has 1 saturated carbocycles. The molecule has 0 unspecified atom stereocenters. The second-order valence-corrected chi connectivity index (χ2v) is 7.27. The zero-order valence-corrected chi connectivity index (χ0v) is 16.1. The van der Waals surface area contributed by atoms with Crippen LogP contribution in [0.25, 0.3) is 11.1 Å². The highest BCUT2D eigenvalue weighted by atomic mass is 35.5. The molecule has 0 atom stereocenters. The number of amides is 1. The summed E-state index contributed by atoms with van der Waals surface area (Å²) in [6.45, 7) is 0. The van der Waals surface area contributed by atoms with Crippen LogP contribution < -0.4 is 5.32 Å². The summed E-state index contributed by atoms with van der Waals surface area (Å²) in [6.07, 6.45) is 2.33. The van der Waals surface area contributed by atoms with E-state index in [1.54, 1.807) is 24.3 Å². The average molecular weight is 408 g/mol. The van der Waals surface area contributed by atoms with Gasteiger partial charge in [-0.25, -0.2) is 8.78 Å². The number of hydrogen-bond acceptors (Lipinski definition) is 1. The molecular weight excluding hydrogens is 392 g/mol. The Bertz CT molecular complexity index is 1120. The van der Waals surface area contributed by atoms with Crippen molar-refractivity contribution in [2.45, 2.75) is 12.8 Å². The summed E-state index contributed by atoms with van der Waals surface area (Å²) >= 11 is 6.34. The molecule has 29 heavy (non-hydrogen) atoms. The van der Waals surface area contributed by atoms with Crippen molar-refractivity contribution in [1.82, 2.24) is 0 Å². The zero-order chi connectivity index (χ0) is 20.4. The van der Waals surface area contributed by atoms with Crippen LogP contribution >= 0.6 is 11.6 Å².